The number of aryl methyl sites for hydroxylation is 2. The van der Waals surface area contributed by atoms with Crippen LogP contribution < -0.4 is 10.1 Å². The van der Waals surface area contributed by atoms with Gasteiger partial charge in [0, 0.05) is 17.7 Å². The average molecular weight is 410 g/mol. The molecule has 3 aromatic rings. The lowest BCUT2D eigenvalue weighted by molar-refractivity contribution is -0.384. The second-order valence-corrected chi connectivity index (χ2v) is 7.83. The summed E-state index contributed by atoms with van der Waals surface area (Å²) in [5.74, 6) is 0.417. The second kappa shape index (κ2) is 8.87. The fourth-order valence-electron chi connectivity index (χ4n) is 3.06. The Morgan fingerprint density at radius 3 is 2.55 bits per heavy atom. The highest BCUT2D eigenvalue weighted by Gasteiger charge is 2.15. The first-order valence-corrected chi connectivity index (χ1v) is 10.0. The Balaban J connectivity index is 1.58. The van der Waals surface area contributed by atoms with E-state index in [9.17, 15) is 14.9 Å². The number of carbonyl (C=O) groups is 1. The van der Waals surface area contributed by atoms with Crippen molar-refractivity contribution >= 4 is 22.9 Å². The van der Waals surface area contributed by atoms with Crippen LogP contribution in [0.4, 0.5) is 5.69 Å². The third-order valence-electron chi connectivity index (χ3n) is 4.57. The topological polar surface area (TPSA) is 81.5 Å². The molecule has 0 bridgehead atoms. The van der Waals surface area contributed by atoms with Crippen LogP contribution in [0.2, 0.25) is 0 Å². The smallest absolute Gasteiger partial charge is 0.269 e. The van der Waals surface area contributed by atoms with E-state index in [0.717, 1.165) is 16.7 Å². The highest BCUT2D eigenvalue weighted by Crippen LogP contribution is 2.22. The largest absolute Gasteiger partial charge is 0.489 e. The Morgan fingerprint density at radius 1 is 1.17 bits per heavy atom. The molecule has 6 nitrogen and oxygen atoms in total. The number of thiophene rings is 1. The molecule has 0 aliphatic carbocycles. The second-order valence-electron chi connectivity index (χ2n) is 6.91. The number of hydrogen-bond acceptors (Lipinski definition) is 5. The summed E-state index contributed by atoms with van der Waals surface area (Å²) in [5.41, 5.74) is 4.34. The molecule has 0 aliphatic heterocycles. The number of carbonyl (C=O) groups excluding carboxylic acids is 1. The molecule has 1 heterocycles. The van der Waals surface area contributed by atoms with Crippen LogP contribution in [0, 0.1) is 24.0 Å². The standard InChI is InChI=1S/C22H22N2O4S/c1-14-4-9-20(15(2)10-14)16(3)23-22(25)21-11-17(13-29-21)12-28-19-7-5-18(6-8-19)24(26)27/h4-11,13,16H,12H2,1-3H3,(H,23,25). The van der Waals surface area contributed by atoms with E-state index in [2.05, 4.69) is 11.4 Å². The number of nitro benzene ring substituents is 1. The third-order valence-corrected chi connectivity index (χ3v) is 5.55. The lowest BCUT2D eigenvalue weighted by Gasteiger charge is -2.16. The summed E-state index contributed by atoms with van der Waals surface area (Å²) < 4.78 is 5.65. The molecule has 1 atom stereocenters. The summed E-state index contributed by atoms with van der Waals surface area (Å²) in [5, 5.41) is 15.6. The van der Waals surface area contributed by atoms with Gasteiger partial charge in [-0.1, -0.05) is 23.8 Å². The monoisotopic (exact) mass is 410 g/mol. The normalized spacial score (nSPS) is 11.7. The van der Waals surface area contributed by atoms with E-state index in [1.54, 1.807) is 18.2 Å². The van der Waals surface area contributed by atoms with Crippen molar-refractivity contribution in [1.29, 1.82) is 0 Å². The van der Waals surface area contributed by atoms with Crippen molar-refractivity contribution in [1.82, 2.24) is 5.32 Å². The number of hydrogen-bond donors (Lipinski definition) is 1. The number of ether oxygens (including phenoxy) is 1. The molecule has 0 spiro atoms. The van der Waals surface area contributed by atoms with Crippen molar-refractivity contribution in [2.24, 2.45) is 0 Å². The SMILES string of the molecule is Cc1ccc(C(C)NC(=O)c2cc(COc3ccc([N+](=O)[O-])cc3)cs2)c(C)c1. The van der Waals surface area contributed by atoms with Crippen molar-refractivity contribution in [3.63, 3.8) is 0 Å². The number of benzene rings is 2. The van der Waals surface area contributed by atoms with E-state index < -0.39 is 4.92 Å². The molecule has 7 heteroatoms. The van der Waals surface area contributed by atoms with E-state index in [4.69, 9.17) is 4.74 Å². The predicted octanol–water partition coefficient (Wildman–Crippen LogP) is 5.34. The molecule has 0 radical (unpaired) electrons. The van der Waals surface area contributed by atoms with E-state index in [0.29, 0.717) is 10.6 Å². The first-order chi connectivity index (χ1) is 13.8. The number of nitrogens with one attached hydrogen (secondary N) is 1. The van der Waals surface area contributed by atoms with Gasteiger partial charge < -0.3 is 10.1 Å². The van der Waals surface area contributed by atoms with Gasteiger partial charge in [-0.3, -0.25) is 14.9 Å². The van der Waals surface area contributed by atoms with Crippen LogP contribution in [-0.4, -0.2) is 10.8 Å². The molecular weight excluding hydrogens is 388 g/mol. The molecule has 0 aliphatic rings. The molecule has 0 fully saturated rings. The van der Waals surface area contributed by atoms with E-state index >= 15 is 0 Å². The zero-order valence-corrected chi connectivity index (χ0v) is 17.3. The predicted molar refractivity (Wildman–Crippen MR) is 114 cm³/mol. The van der Waals surface area contributed by atoms with Crippen LogP contribution in [0.15, 0.2) is 53.9 Å². The first kappa shape index (κ1) is 20.5. The van der Waals surface area contributed by atoms with Gasteiger partial charge >= 0.3 is 0 Å². The molecule has 0 saturated carbocycles. The summed E-state index contributed by atoms with van der Waals surface area (Å²) in [6.45, 7) is 6.35. The van der Waals surface area contributed by atoms with Crippen LogP contribution in [0.5, 0.6) is 5.75 Å². The summed E-state index contributed by atoms with van der Waals surface area (Å²) in [7, 11) is 0. The minimum atomic E-state index is -0.452. The van der Waals surface area contributed by atoms with Crippen molar-refractivity contribution in [2.75, 3.05) is 0 Å². The van der Waals surface area contributed by atoms with Gasteiger partial charge in [-0.2, -0.15) is 0 Å². The number of non-ortho nitro benzene ring substituents is 1. The number of nitro groups is 1. The Labute approximate surface area is 173 Å². The Morgan fingerprint density at radius 2 is 1.90 bits per heavy atom. The maximum Gasteiger partial charge on any atom is 0.269 e. The molecule has 29 heavy (non-hydrogen) atoms. The molecule has 1 amide bonds. The van der Waals surface area contributed by atoms with Crippen molar-refractivity contribution in [3.8, 4) is 5.75 Å². The summed E-state index contributed by atoms with van der Waals surface area (Å²) in [6.07, 6.45) is 0. The highest BCUT2D eigenvalue weighted by atomic mass is 32.1. The Hall–Kier alpha value is -3.19. The number of nitrogens with zero attached hydrogens (tertiary/aromatic N) is 1. The van der Waals surface area contributed by atoms with Gasteiger partial charge in [0.25, 0.3) is 11.6 Å². The molecule has 150 valence electrons. The fraction of sp³-hybridized carbons (Fsp3) is 0.227. The maximum atomic E-state index is 12.6. The van der Waals surface area contributed by atoms with Crippen molar-refractivity contribution < 1.29 is 14.5 Å². The molecule has 1 N–H and O–H groups in total. The van der Waals surface area contributed by atoms with Crippen LogP contribution in [0.25, 0.3) is 0 Å². The average Bonchev–Trinajstić information content (AvgIpc) is 3.15. The summed E-state index contributed by atoms with van der Waals surface area (Å²) in [6, 6.07) is 13.8. The van der Waals surface area contributed by atoms with Gasteiger partial charge in [0.1, 0.15) is 12.4 Å². The number of rotatable bonds is 7. The van der Waals surface area contributed by atoms with Gasteiger partial charge in [-0.15, -0.1) is 11.3 Å². The van der Waals surface area contributed by atoms with Gasteiger partial charge in [0.05, 0.1) is 15.8 Å². The van der Waals surface area contributed by atoms with Crippen LogP contribution in [0.3, 0.4) is 0 Å². The first-order valence-electron chi connectivity index (χ1n) is 9.16. The molecule has 3 rings (SSSR count). The number of amides is 1. The Kier molecular flexibility index (Phi) is 6.29. The lowest BCUT2D eigenvalue weighted by atomic mass is 10.0. The van der Waals surface area contributed by atoms with Crippen molar-refractivity contribution in [3.05, 3.63) is 91.2 Å². The maximum absolute atomic E-state index is 12.6. The minimum absolute atomic E-state index is 0.0183. The molecule has 1 unspecified atom stereocenters. The van der Waals surface area contributed by atoms with Crippen LogP contribution in [-0.2, 0) is 6.61 Å². The molecule has 2 aromatic carbocycles. The summed E-state index contributed by atoms with van der Waals surface area (Å²) in [4.78, 5) is 23.4. The third kappa shape index (κ3) is 5.20. The molecule has 0 saturated heterocycles. The van der Waals surface area contributed by atoms with E-state index in [-0.39, 0.29) is 24.2 Å². The zero-order valence-electron chi connectivity index (χ0n) is 16.5. The summed E-state index contributed by atoms with van der Waals surface area (Å²) >= 11 is 1.36. The quantitative estimate of drug-likeness (QED) is 0.421. The van der Waals surface area contributed by atoms with Crippen LogP contribution in [0.1, 0.15) is 44.9 Å². The van der Waals surface area contributed by atoms with Gasteiger partial charge in [0.15, 0.2) is 0 Å². The molecule has 1 aromatic heterocycles. The Bertz CT molecular complexity index is 1030. The van der Waals surface area contributed by atoms with E-state index in [1.807, 2.05) is 38.3 Å². The highest BCUT2D eigenvalue weighted by molar-refractivity contribution is 7.12. The fourth-order valence-corrected chi connectivity index (χ4v) is 3.86. The van der Waals surface area contributed by atoms with Crippen molar-refractivity contribution in [2.45, 2.75) is 33.4 Å². The zero-order chi connectivity index (χ0) is 21.0. The lowest BCUT2D eigenvalue weighted by Crippen LogP contribution is -2.26. The molecular formula is C22H22N2O4S. The van der Waals surface area contributed by atoms with E-state index in [1.165, 1.54) is 29.0 Å². The minimum Gasteiger partial charge on any atom is -0.489 e. The van der Waals surface area contributed by atoms with Gasteiger partial charge in [-0.25, -0.2) is 0 Å². The van der Waals surface area contributed by atoms with Crippen LogP contribution >= 0.6 is 11.3 Å². The van der Waals surface area contributed by atoms with Gasteiger partial charge in [0.2, 0.25) is 0 Å². The van der Waals surface area contributed by atoms with Gasteiger partial charge in [-0.05, 0) is 55.5 Å².